The van der Waals surface area contributed by atoms with Gasteiger partial charge in [-0.1, -0.05) is 33.8 Å². The highest BCUT2D eigenvalue weighted by molar-refractivity contribution is 7.09. The molecular weight excluding hydrogens is 543 g/mol. The highest BCUT2D eigenvalue weighted by Gasteiger charge is 2.68. The molecule has 5 N–H and O–H groups in total. The molecule has 0 aromatic carbocycles. The number of nitroso groups, excluding NO2 is 1. The van der Waals surface area contributed by atoms with Crippen LogP contribution in [0.15, 0.2) is 27.8 Å². The predicted octanol–water partition coefficient (Wildman–Crippen LogP) is 3.33. The van der Waals surface area contributed by atoms with E-state index in [1.54, 1.807) is 11.3 Å². The van der Waals surface area contributed by atoms with Gasteiger partial charge in [0.1, 0.15) is 6.04 Å². The Morgan fingerprint density at radius 1 is 1.24 bits per heavy atom. The number of nitrogens with zero attached hydrogens (tertiary/aromatic N) is 2. The third-order valence-electron chi connectivity index (χ3n) is 9.27. The second-order valence-electron chi connectivity index (χ2n) is 12.9. The lowest BCUT2D eigenvalue weighted by Crippen LogP contribution is -2.65. The topological polar surface area (TPSA) is 156 Å². The van der Waals surface area contributed by atoms with Crippen LogP contribution in [-0.4, -0.2) is 55.1 Å². The fraction of sp³-hybridized carbons (Fsp3) is 0.750. The minimum atomic E-state index is -0.764. The van der Waals surface area contributed by atoms with Crippen molar-refractivity contribution in [3.8, 4) is 0 Å². The number of amides is 2. The molecule has 1 aromatic rings. The van der Waals surface area contributed by atoms with Crippen LogP contribution >= 0.6 is 11.3 Å². The van der Waals surface area contributed by atoms with Gasteiger partial charge in [-0.05, 0) is 80.1 Å². The van der Waals surface area contributed by atoms with Gasteiger partial charge in [0.2, 0.25) is 17.8 Å². The standard InChI is InChI=1S/C28H45BN6O5S/c1-17(2)14-23(29-39-22-16-18-15-21(27(18,3)4)28(22,5)40-29)33-25(37)20(9-6-12-31-26(30)34-35-38)32-24(36)11-10-19-8-7-13-41-19/h7-8,13,17-18,20-23H,6,9-12,14-16H2,1-5H3,(H,32,36)(H,33,37)(H3,30,31,34,38)/t18-,20-,21-,22+,23-,28-/m0/s1. The Balaban J connectivity index is 1.42. The molecule has 5 rings (SSSR count). The van der Waals surface area contributed by atoms with Crippen molar-refractivity contribution in [2.45, 2.75) is 103 Å². The van der Waals surface area contributed by atoms with E-state index < -0.39 is 13.2 Å². The third kappa shape index (κ3) is 7.29. The van der Waals surface area contributed by atoms with Gasteiger partial charge >= 0.3 is 7.12 Å². The maximum Gasteiger partial charge on any atom is 0.481 e. The molecule has 1 saturated heterocycles. The molecule has 0 radical (unpaired) electrons. The molecule has 0 unspecified atom stereocenters. The Morgan fingerprint density at radius 2 is 2.02 bits per heavy atom. The van der Waals surface area contributed by atoms with Crippen molar-refractivity contribution in [3.05, 3.63) is 27.3 Å². The van der Waals surface area contributed by atoms with Crippen LogP contribution in [0.4, 0.5) is 0 Å². The second kappa shape index (κ2) is 13.2. The number of nitrogens with two attached hydrogens (primary N) is 1. The Kier molecular flexibility index (Phi) is 10.1. The van der Waals surface area contributed by atoms with Crippen molar-refractivity contribution in [2.24, 2.45) is 39.2 Å². The lowest BCUT2D eigenvalue weighted by Gasteiger charge is -2.64. The lowest BCUT2D eigenvalue weighted by molar-refractivity contribution is -0.199. The van der Waals surface area contributed by atoms with Crippen LogP contribution in [0.2, 0.25) is 0 Å². The lowest BCUT2D eigenvalue weighted by atomic mass is 9.43. The van der Waals surface area contributed by atoms with Gasteiger partial charge in [-0.15, -0.1) is 16.2 Å². The molecule has 226 valence electrons. The first-order valence-electron chi connectivity index (χ1n) is 14.8. The van der Waals surface area contributed by atoms with Gasteiger partial charge in [0, 0.05) is 17.8 Å². The van der Waals surface area contributed by atoms with E-state index in [2.05, 4.69) is 61.0 Å². The molecule has 11 nitrogen and oxygen atoms in total. The molecule has 3 saturated carbocycles. The molecule has 2 amide bonds. The van der Waals surface area contributed by atoms with Crippen molar-refractivity contribution in [1.29, 1.82) is 0 Å². The van der Waals surface area contributed by atoms with Gasteiger partial charge in [0.05, 0.1) is 22.9 Å². The molecule has 4 fully saturated rings. The maximum atomic E-state index is 13.7. The normalized spacial score (nSPS) is 27.9. The second-order valence-corrected chi connectivity index (χ2v) is 13.9. The van der Waals surface area contributed by atoms with Gasteiger partial charge < -0.3 is 25.7 Å². The number of aryl methyl sites for hydroxylation is 1. The van der Waals surface area contributed by atoms with E-state index in [0.29, 0.717) is 43.4 Å². The van der Waals surface area contributed by atoms with Gasteiger partial charge in [0.15, 0.2) is 0 Å². The molecule has 13 heteroatoms. The fourth-order valence-electron chi connectivity index (χ4n) is 6.90. The maximum absolute atomic E-state index is 13.7. The zero-order valence-corrected chi connectivity index (χ0v) is 25.7. The van der Waals surface area contributed by atoms with Crippen LogP contribution < -0.4 is 21.8 Å². The summed E-state index contributed by atoms with van der Waals surface area (Å²) in [6.07, 6.45) is 4.54. The largest absolute Gasteiger partial charge is 0.481 e. The summed E-state index contributed by atoms with van der Waals surface area (Å²) in [4.78, 5) is 42.0. The van der Waals surface area contributed by atoms with Gasteiger partial charge in [-0.3, -0.25) is 14.6 Å². The average molecular weight is 589 g/mol. The summed E-state index contributed by atoms with van der Waals surface area (Å²) >= 11 is 1.60. The predicted molar refractivity (Wildman–Crippen MR) is 161 cm³/mol. The Hall–Kier alpha value is -2.51. The van der Waals surface area contributed by atoms with Crippen molar-refractivity contribution in [3.63, 3.8) is 0 Å². The first-order chi connectivity index (χ1) is 19.4. The van der Waals surface area contributed by atoms with Crippen molar-refractivity contribution < 1.29 is 18.9 Å². The Bertz CT molecular complexity index is 1100. The SMILES string of the molecule is CC(C)C[C@H](NC(=O)[C@H](CCCN=C(N)NN=O)NC(=O)CCc1cccs1)B1O[C@@H]2C[C@@H]3C[C@@H](C3(C)C)[C@]2(C)O1. The molecule has 2 heterocycles. The number of carbonyl (C=O) groups excluding carboxylic acids is 2. The first kappa shape index (κ1) is 31.4. The van der Waals surface area contributed by atoms with Gasteiger partial charge in [-0.25, -0.2) is 5.43 Å². The van der Waals surface area contributed by atoms with Crippen LogP contribution in [0, 0.1) is 28.1 Å². The summed E-state index contributed by atoms with van der Waals surface area (Å²) in [5, 5.41) is 10.6. The van der Waals surface area contributed by atoms with E-state index >= 15 is 0 Å². The summed E-state index contributed by atoms with van der Waals surface area (Å²) in [6, 6.07) is 3.19. The Morgan fingerprint density at radius 3 is 2.68 bits per heavy atom. The van der Waals surface area contributed by atoms with E-state index in [-0.39, 0.29) is 53.8 Å². The van der Waals surface area contributed by atoms with Crippen LogP contribution in [-0.2, 0) is 25.3 Å². The number of thiophene rings is 1. The Labute approximate surface area is 247 Å². The van der Waals surface area contributed by atoms with Crippen LogP contribution in [0.3, 0.4) is 0 Å². The van der Waals surface area contributed by atoms with Crippen LogP contribution in [0.5, 0.6) is 0 Å². The fourth-order valence-corrected chi connectivity index (χ4v) is 7.61. The van der Waals surface area contributed by atoms with E-state index in [1.165, 1.54) is 0 Å². The molecular formula is C28H45BN6O5S. The van der Waals surface area contributed by atoms with Crippen LogP contribution in [0.25, 0.3) is 0 Å². The van der Waals surface area contributed by atoms with Gasteiger partial charge in [0.25, 0.3) is 0 Å². The first-order valence-corrected chi connectivity index (χ1v) is 15.7. The number of hydrogen-bond acceptors (Lipinski definition) is 8. The highest BCUT2D eigenvalue weighted by Crippen LogP contribution is 2.65. The molecule has 2 bridgehead atoms. The summed E-state index contributed by atoms with van der Waals surface area (Å²) in [6.45, 7) is 11.3. The molecule has 1 aliphatic heterocycles. The van der Waals surface area contributed by atoms with Gasteiger partial charge in [-0.2, -0.15) is 0 Å². The van der Waals surface area contributed by atoms with Crippen molar-refractivity contribution in [2.75, 3.05) is 6.54 Å². The molecule has 3 aliphatic carbocycles. The van der Waals surface area contributed by atoms with E-state index in [1.807, 2.05) is 17.5 Å². The summed E-state index contributed by atoms with van der Waals surface area (Å²) in [7, 11) is -0.548. The molecule has 1 aromatic heterocycles. The zero-order valence-electron chi connectivity index (χ0n) is 24.9. The van der Waals surface area contributed by atoms with E-state index in [9.17, 15) is 14.5 Å². The zero-order chi connectivity index (χ0) is 29.8. The number of guanidine groups is 1. The summed E-state index contributed by atoms with van der Waals surface area (Å²) < 4.78 is 13.2. The van der Waals surface area contributed by atoms with Crippen molar-refractivity contribution >= 4 is 36.2 Å². The average Bonchev–Trinajstić information content (AvgIpc) is 3.55. The molecule has 4 aliphatic rings. The minimum Gasteiger partial charge on any atom is -0.404 e. The van der Waals surface area contributed by atoms with Crippen molar-refractivity contribution in [1.82, 2.24) is 16.1 Å². The number of hydrogen-bond donors (Lipinski definition) is 4. The number of nitrogens with one attached hydrogen (secondary N) is 3. The van der Waals surface area contributed by atoms with E-state index in [4.69, 9.17) is 15.0 Å². The number of aliphatic imine (C=N–C) groups is 1. The summed E-state index contributed by atoms with van der Waals surface area (Å²) in [5.74, 6) is 0.435. The molecule has 0 spiro atoms. The van der Waals surface area contributed by atoms with Crippen LogP contribution in [0.1, 0.15) is 78.0 Å². The highest BCUT2D eigenvalue weighted by atomic mass is 32.1. The van der Waals surface area contributed by atoms with E-state index in [0.717, 1.165) is 17.7 Å². The molecule has 41 heavy (non-hydrogen) atoms. The third-order valence-corrected chi connectivity index (χ3v) is 10.2. The minimum absolute atomic E-state index is 0.0152. The number of rotatable bonds is 14. The summed E-state index contributed by atoms with van der Waals surface area (Å²) in [5.41, 5.74) is 7.47. The quantitative estimate of drug-likeness (QED) is 0.0649. The number of carbonyl (C=O) groups is 2. The smallest absolute Gasteiger partial charge is 0.404 e. The monoisotopic (exact) mass is 588 g/mol. The molecule has 6 atom stereocenters.